The number of furan rings is 2. The molecule has 5 aromatic heterocycles. The number of benzene rings is 5. The minimum absolute atomic E-state index is 0.801. The van der Waals surface area contributed by atoms with Crippen LogP contribution in [0, 0.1) is 0 Å². The summed E-state index contributed by atoms with van der Waals surface area (Å²) in [6, 6.07) is 44.2. The van der Waals surface area contributed by atoms with Gasteiger partial charge in [-0.15, -0.1) is 0 Å². The van der Waals surface area contributed by atoms with Crippen LogP contribution in [-0.2, 0) is 0 Å². The first kappa shape index (κ1) is 24.3. The number of rotatable bonds is 3. The van der Waals surface area contributed by atoms with Crippen LogP contribution >= 0.6 is 0 Å². The fourth-order valence-electron chi connectivity index (χ4n) is 6.88. The Balaban J connectivity index is 1.23. The third-order valence-corrected chi connectivity index (χ3v) is 8.92. The number of fused-ring (bicyclic) bond motifs is 9. The highest BCUT2D eigenvalue weighted by molar-refractivity contribution is 6.14. The second-order valence-corrected chi connectivity index (χ2v) is 11.4. The molecular weight excluding hydrogens is 554 g/mol. The van der Waals surface area contributed by atoms with E-state index in [2.05, 4.69) is 93.4 Å². The van der Waals surface area contributed by atoms with E-state index in [4.69, 9.17) is 8.83 Å². The van der Waals surface area contributed by atoms with Gasteiger partial charge in [-0.2, -0.15) is 0 Å². The van der Waals surface area contributed by atoms with E-state index < -0.39 is 0 Å². The molecule has 10 rings (SSSR count). The number of pyridine rings is 2. The molecule has 0 aliphatic carbocycles. The average Bonchev–Trinajstić information content (AvgIpc) is 3.77. The van der Waals surface area contributed by atoms with Gasteiger partial charge in [-0.3, -0.25) is 9.97 Å². The zero-order chi connectivity index (χ0) is 29.5. The van der Waals surface area contributed by atoms with E-state index >= 15 is 0 Å². The monoisotopic (exact) mass is 577 g/mol. The first-order valence-corrected chi connectivity index (χ1v) is 15.0. The van der Waals surface area contributed by atoms with Gasteiger partial charge in [0.2, 0.25) is 0 Å². The number of nitrogens with zero attached hydrogens (tertiary/aromatic N) is 3. The van der Waals surface area contributed by atoms with Gasteiger partial charge >= 0.3 is 0 Å². The fraction of sp³-hybridized carbons (Fsp3) is 0. The van der Waals surface area contributed by atoms with Crippen molar-refractivity contribution < 1.29 is 8.83 Å². The van der Waals surface area contributed by atoms with E-state index in [0.717, 1.165) is 83.1 Å². The summed E-state index contributed by atoms with van der Waals surface area (Å²) in [5.74, 6) is 0. The lowest BCUT2D eigenvalue weighted by Gasteiger charge is -2.09. The molecule has 0 spiro atoms. The zero-order valence-corrected chi connectivity index (χ0v) is 23.9. The summed E-state index contributed by atoms with van der Waals surface area (Å²) in [6.07, 6.45) is 3.74. The van der Waals surface area contributed by atoms with Gasteiger partial charge in [0.25, 0.3) is 0 Å². The summed E-state index contributed by atoms with van der Waals surface area (Å²) in [5, 5.41) is 4.39. The lowest BCUT2D eigenvalue weighted by Crippen LogP contribution is -1.93. The van der Waals surface area contributed by atoms with E-state index in [1.807, 2.05) is 60.9 Å². The Kier molecular flexibility index (Phi) is 4.93. The Bertz CT molecular complexity index is 2770. The molecule has 0 saturated carbocycles. The summed E-state index contributed by atoms with van der Waals surface area (Å²) in [6.45, 7) is 0. The van der Waals surface area contributed by atoms with Crippen LogP contribution in [0.3, 0.4) is 0 Å². The SMILES string of the molecule is c1ccc(-n2c3ccc(-c4ccnc5c4oc4ccccc45)cc3c3ccc(-c4ccnc5c4oc4ccccc45)cc32)cc1. The Hall–Kier alpha value is -6.20. The van der Waals surface area contributed by atoms with Crippen LogP contribution in [0.5, 0.6) is 0 Å². The summed E-state index contributed by atoms with van der Waals surface area (Å²) >= 11 is 0. The van der Waals surface area contributed by atoms with Crippen molar-refractivity contribution in [2.75, 3.05) is 0 Å². The van der Waals surface area contributed by atoms with Crippen LogP contribution in [0.1, 0.15) is 0 Å². The van der Waals surface area contributed by atoms with Crippen LogP contribution < -0.4 is 0 Å². The maximum absolute atomic E-state index is 6.36. The Morgan fingerprint density at radius 2 is 1.02 bits per heavy atom. The van der Waals surface area contributed by atoms with E-state index in [-0.39, 0.29) is 0 Å². The highest BCUT2D eigenvalue weighted by atomic mass is 16.3. The van der Waals surface area contributed by atoms with Crippen molar-refractivity contribution >= 4 is 65.9 Å². The molecule has 0 fully saturated rings. The third kappa shape index (κ3) is 3.49. The summed E-state index contributed by atoms with van der Waals surface area (Å²) in [7, 11) is 0. The first-order chi connectivity index (χ1) is 22.3. The number of hydrogen-bond donors (Lipinski definition) is 0. The highest BCUT2D eigenvalue weighted by Crippen LogP contribution is 2.41. The lowest BCUT2D eigenvalue weighted by atomic mass is 10.0. The van der Waals surface area contributed by atoms with E-state index in [9.17, 15) is 0 Å². The lowest BCUT2D eigenvalue weighted by molar-refractivity contribution is 0.669. The molecule has 5 nitrogen and oxygen atoms in total. The van der Waals surface area contributed by atoms with Crippen molar-refractivity contribution in [2.24, 2.45) is 0 Å². The van der Waals surface area contributed by atoms with Gasteiger partial charge < -0.3 is 13.4 Å². The normalized spacial score (nSPS) is 12.0. The van der Waals surface area contributed by atoms with E-state index in [1.165, 1.54) is 10.8 Å². The van der Waals surface area contributed by atoms with E-state index in [1.54, 1.807) is 0 Å². The first-order valence-electron chi connectivity index (χ1n) is 15.0. The second kappa shape index (κ2) is 9.15. The van der Waals surface area contributed by atoms with Crippen LogP contribution in [0.25, 0.3) is 93.9 Å². The summed E-state index contributed by atoms with van der Waals surface area (Å²) in [5.41, 5.74) is 12.6. The molecule has 0 aliphatic rings. The molecule has 0 amide bonds. The van der Waals surface area contributed by atoms with Crippen molar-refractivity contribution in [2.45, 2.75) is 0 Å². The number of aromatic nitrogens is 3. The molecule has 0 aliphatic heterocycles. The van der Waals surface area contributed by atoms with Crippen molar-refractivity contribution in [3.05, 3.63) is 140 Å². The molecule has 5 aromatic carbocycles. The smallest absolute Gasteiger partial charge is 0.161 e. The van der Waals surface area contributed by atoms with Gasteiger partial charge in [-0.1, -0.05) is 60.7 Å². The fourth-order valence-corrected chi connectivity index (χ4v) is 6.88. The highest BCUT2D eigenvalue weighted by Gasteiger charge is 2.19. The minimum Gasteiger partial charge on any atom is -0.454 e. The molecule has 0 unspecified atom stereocenters. The zero-order valence-electron chi connectivity index (χ0n) is 23.9. The summed E-state index contributed by atoms with van der Waals surface area (Å²) < 4.78 is 15.1. The quantitative estimate of drug-likeness (QED) is 0.210. The predicted octanol–water partition coefficient (Wildman–Crippen LogP) is 10.7. The Morgan fingerprint density at radius 3 is 1.69 bits per heavy atom. The van der Waals surface area contributed by atoms with Gasteiger partial charge in [0.15, 0.2) is 11.2 Å². The van der Waals surface area contributed by atoms with E-state index in [0.29, 0.717) is 0 Å². The van der Waals surface area contributed by atoms with Gasteiger partial charge in [0, 0.05) is 50.8 Å². The molecule has 5 heterocycles. The summed E-state index contributed by atoms with van der Waals surface area (Å²) in [4.78, 5) is 9.36. The largest absolute Gasteiger partial charge is 0.454 e. The Labute approximate surface area is 256 Å². The molecule has 0 saturated heterocycles. The van der Waals surface area contributed by atoms with Gasteiger partial charge in [0.05, 0.1) is 11.0 Å². The maximum atomic E-state index is 6.36. The number of hydrogen-bond acceptors (Lipinski definition) is 4. The third-order valence-electron chi connectivity index (χ3n) is 8.92. The molecule has 45 heavy (non-hydrogen) atoms. The topological polar surface area (TPSA) is 57.0 Å². The second-order valence-electron chi connectivity index (χ2n) is 11.4. The molecule has 210 valence electrons. The molecule has 0 radical (unpaired) electrons. The predicted molar refractivity (Wildman–Crippen MR) is 182 cm³/mol. The molecule has 0 bridgehead atoms. The molecular formula is C40H23N3O2. The molecule has 0 atom stereocenters. The van der Waals surface area contributed by atoms with Crippen LogP contribution in [-0.4, -0.2) is 14.5 Å². The van der Waals surface area contributed by atoms with Crippen molar-refractivity contribution in [3.63, 3.8) is 0 Å². The molecule has 10 aromatic rings. The average molecular weight is 578 g/mol. The van der Waals surface area contributed by atoms with Crippen LogP contribution in [0.2, 0.25) is 0 Å². The molecule has 5 heteroatoms. The van der Waals surface area contributed by atoms with Gasteiger partial charge in [0.1, 0.15) is 22.2 Å². The van der Waals surface area contributed by atoms with Gasteiger partial charge in [-0.05, 0) is 77.9 Å². The number of para-hydroxylation sites is 3. The minimum atomic E-state index is 0.801. The van der Waals surface area contributed by atoms with Crippen molar-refractivity contribution in [3.8, 4) is 27.9 Å². The van der Waals surface area contributed by atoms with Crippen LogP contribution in [0.4, 0.5) is 0 Å². The van der Waals surface area contributed by atoms with Crippen molar-refractivity contribution in [1.82, 2.24) is 14.5 Å². The van der Waals surface area contributed by atoms with Crippen LogP contribution in [0.15, 0.2) is 149 Å². The Morgan fingerprint density at radius 1 is 0.444 bits per heavy atom. The van der Waals surface area contributed by atoms with Crippen molar-refractivity contribution in [1.29, 1.82) is 0 Å². The molecule has 0 N–H and O–H groups in total. The standard InChI is InChI=1S/C40H23N3O2/c1-2-8-26(9-3-1)43-33-17-15-24(27-18-20-41-37-30-10-4-6-12-35(30)44-39(27)37)22-32(33)29-16-14-25(23-34(29)43)28-19-21-42-38-31-11-5-7-13-36(31)45-40(28)38/h1-23H. The maximum Gasteiger partial charge on any atom is 0.161 e. The van der Waals surface area contributed by atoms with Gasteiger partial charge in [-0.25, -0.2) is 0 Å².